The largest absolute Gasteiger partial charge is 0.419 e. The van der Waals surface area contributed by atoms with Crippen molar-refractivity contribution in [2.45, 2.75) is 0 Å². The minimum Gasteiger partial charge on any atom is -0.419 e. The monoisotopic (exact) mass is 304 g/mol. The smallest absolute Gasteiger partial charge is 0.380 e. The van der Waals surface area contributed by atoms with E-state index >= 15 is 0 Å². The average molecular weight is 305 g/mol. The first-order valence-electron chi connectivity index (χ1n) is 3.97. The summed E-state index contributed by atoms with van der Waals surface area (Å²) in [6.07, 6.45) is 0. The van der Waals surface area contributed by atoms with Crippen molar-refractivity contribution in [1.29, 1.82) is 0 Å². The van der Waals surface area contributed by atoms with E-state index in [0.717, 1.165) is 6.07 Å². The van der Waals surface area contributed by atoms with Gasteiger partial charge in [-0.15, -0.1) is 0 Å². The van der Waals surface area contributed by atoms with Crippen LogP contribution in [0.1, 0.15) is 0 Å². The van der Waals surface area contributed by atoms with Gasteiger partial charge in [-0.1, -0.05) is 23.2 Å². The zero-order valence-electron chi connectivity index (χ0n) is 8.37. The van der Waals surface area contributed by atoms with Gasteiger partial charge in [0.2, 0.25) is 0 Å². The van der Waals surface area contributed by atoms with Crippen LogP contribution in [0.3, 0.4) is 0 Å². The third-order valence-corrected chi connectivity index (χ3v) is 4.53. The minimum absolute atomic E-state index is 0.00771. The van der Waals surface area contributed by atoms with Crippen molar-refractivity contribution in [2.24, 2.45) is 0 Å². The molecule has 0 aromatic heterocycles. The molecule has 0 aliphatic heterocycles. The molecule has 0 bridgehead atoms. The van der Waals surface area contributed by atoms with Crippen LogP contribution in [-0.2, 0) is 20.9 Å². The molecule has 16 heavy (non-hydrogen) atoms. The van der Waals surface area contributed by atoms with E-state index < -0.39 is 12.5 Å². The number of benzene rings is 1. The molecule has 1 rings (SSSR count). The zero-order chi connectivity index (χ0) is 12.3. The summed E-state index contributed by atoms with van der Waals surface area (Å²) in [5.41, 5.74) is 0. The van der Waals surface area contributed by atoms with E-state index in [1.807, 2.05) is 0 Å². The second-order valence-electron chi connectivity index (χ2n) is 2.60. The first-order valence-corrected chi connectivity index (χ1v) is 7.28. The van der Waals surface area contributed by atoms with E-state index in [0.29, 0.717) is 0 Å². The Bertz CT molecular complexity index is 412. The zero-order valence-corrected chi connectivity index (χ0v) is 11.6. The molecule has 0 aliphatic carbocycles. The van der Waals surface area contributed by atoms with Gasteiger partial charge in [0, 0.05) is 31.0 Å². The predicted molar refractivity (Wildman–Crippen MR) is 65.4 cm³/mol. The quantitative estimate of drug-likeness (QED) is 0.785. The van der Waals surface area contributed by atoms with Gasteiger partial charge in [0.1, 0.15) is 0 Å². The summed E-state index contributed by atoms with van der Waals surface area (Å²) in [7, 11) is 2.62. The molecule has 0 fully saturated rings. The summed E-state index contributed by atoms with van der Waals surface area (Å²) in [6.45, 7) is -3.01. The van der Waals surface area contributed by atoms with Crippen molar-refractivity contribution in [1.82, 2.24) is 0 Å². The van der Waals surface area contributed by atoms with E-state index in [-0.39, 0.29) is 15.8 Å². The summed E-state index contributed by atoms with van der Waals surface area (Å²) in [4.78, 5) is 0. The van der Waals surface area contributed by atoms with Gasteiger partial charge in [0.15, 0.2) is 11.6 Å². The standard InChI is InChI=1S/C8H8Cl2FO3PS/c1-12-15(16,13-2)14-8-6(10)3-5(9)4-7(8)11/h3-4H,1-2H3. The molecular formula is C8H8Cl2FO3PS. The van der Waals surface area contributed by atoms with Crippen molar-refractivity contribution in [3.63, 3.8) is 0 Å². The second-order valence-corrected chi connectivity index (χ2v) is 6.59. The molecule has 90 valence electrons. The van der Waals surface area contributed by atoms with Gasteiger partial charge in [-0.05, 0) is 12.1 Å². The molecule has 0 radical (unpaired) electrons. The van der Waals surface area contributed by atoms with Gasteiger partial charge in [-0.3, -0.25) is 0 Å². The maximum Gasteiger partial charge on any atom is 0.380 e. The number of halogens is 3. The minimum atomic E-state index is -3.01. The van der Waals surface area contributed by atoms with Crippen molar-refractivity contribution in [3.8, 4) is 5.75 Å². The van der Waals surface area contributed by atoms with Crippen LogP contribution in [-0.4, -0.2) is 14.2 Å². The topological polar surface area (TPSA) is 27.7 Å². The molecule has 3 nitrogen and oxygen atoms in total. The molecule has 0 atom stereocenters. The van der Waals surface area contributed by atoms with Crippen LogP contribution in [0.5, 0.6) is 5.75 Å². The molecule has 0 saturated heterocycles. The Morgan fingerprint density at radius 1 is 1.25 bits per heavy atom. The number of hydrogen-bond donors (Lipinski definition) is 0. The molecule has 8 heteroatoms. The van der Waals surface area contributed by atoms with E-state index in [1.54, 1.807) is 0 Å². The molecule has 0 spiro atoms. The van der Waals surface area contributed by atoms with Gasteiger partial charge in [-0.2, -0.15) is 0 Å². The summed E-state index contributed by atoms with van der Waals surface area (Å²) < 4.78 is 28.3. The molecule has 1 aromatic carbocycles. The molecule has 0 N–H and O–H groups in total. The molecule has 1 aromatic rings. The van der Waals surface area contributed by atoms with Crippen molar-refractivity contribution >= 4 is 41.7 Å². The Hall–Kier alpha value is 0.1000. The molecule has 0 saturated carbocycles. The molecule has 0 aliphatic rings. The summed E-state index contributed by atoms with van der Waals surface area (Å²) in [5.74, 6) is -0.945. The van der Waals surface area contributed by atoms with Crippen molar-refractivity contribution < 1.29 is 18.0 Å². The molecular weight excluding hydrogens is 297 g/mol. The van der Waals surface area contributed by atoms with Gasteiger partial charge in [-0.25, -0.2) is 4.39 Å². The van der Waals surface area contributed by atoms with E-state index in [1.165, 1.54) is 20.3 Å². The van der Waals surface area contributed by atoms with E-state index in [4.69, 9.17) is 48.6 Å². The van der Waals surface area contributed by atoms with Crippen LogP contribution in [0.4, 0.5) is 4.39 Å². The van der Waals surface area contributed by atoms with E-state index in [2.05, 4.69) is 0 Å². The van der Waals surface area contributed by atoms with Gasteiger partial charge in [0.05, 0.1) is 5.02 Å². The van der Waals surface area contributed by atoms with Gasteiger partial charge >= 0.3 is 6.72 Å². The SMILES string of the molecule is COP(=S)(OC)Oc1c(F)cc(Cl)cc1Cl. The molecule has 0 unspecified atom stereocenters. The Balaban J connectivity index is 3.11. The van der Waals surface area contributed by atoms with Crippen LogP contribution in [0, 0.1) is 5.82 Å². The average Bonchev–Trinajstić information content (AvgIpc) is 2.23. The van der Waals surface area contributed by atoms with Crippen LogP contribution >= 0.6 is 29.9 Å². The molecule has 0 amide bonds. The summed E-state index contributed by atoms with van der Waals surface area (Å²) >= 11 is 16.3. The number of hydrogen-bond acceptors (Lipinski definition) is 4. The van der Waals surface area contributed by atoms with Gasteiger partial charge < -0.3 is 13.6 Å². The highest BCUT2D eigenvalue weighted by molar-refractivity contribution is 8.07. The highest BCUT2D eigenvalue weighted by Crippen LogP contribution is 2.50. The second kappa shape index (κ2) is 5.63. The fourth-order valence-corrected chi connectivity index (χ4v) is 2.37. The van der Waals surface area contributed by atoms with Crippen LogP contribution < -0.4 is 4.52 Å². The first-order chi connectivity index (χ1) is 7.41. The third-order valence-electron chi connectivity index (χ3n) is 1.61. The van der Waals surface area contributed by atoms with Crippen LogP contribution in [0.2, 0.25) is 10.0 Å². The van der Waals surface area contributed by atoms with Crippen molar-refractivity contribution in [2.75, 3.05) is 14.2 Å². The lowest BCUT2D eigenvalue weighted by atomic mass is 10.3. The normalized spacial score (nSPS) is 11.6. The highest BCUT2D eigenvalue weighted by atomic mass is 35.5. The predicted octanol–water partition coefficient (Wildman–Crippen LogP) is 4.03. The first kappa shape index (κ1) is 14.2. The van der Waals surface area contributed by atoms with Crippen LogP contribution in [0.15, 0.2) is 12.1 Å². The fraction of sp³-hybridized carbons (Fsp3) is 0.250. The number of rotatable bonds is 4. The lowest BCUT2D eigenvalue weighted by molar-refractivity contribution is 0.269. The Morgan fingerprint density at radius 2 is 1.81 bits per heavy atom. The van der Waals surface area contributed by atoms with Crippen LogP contribution in [0.25, 0.3) is 0 Å². The lowest BCUT2D eigenvalue weighted by Crippen LogP contribution is -1.99. The Morgan fingerprint density at radius 3 is 2.25 bits per heavy atom. The Kier molecular flexibility index (Phi) is 4.98. The summed E-state index contributed by atoms with van der Waals surface area (Å²) in [5, 5.41) is 0.173. The maximum atomic E-state index is 13.5. The fourth-order valence-electron chi connectivity index (χ4n) is 0.877. The lowest BCUT2D eigenvalue weighted by Gasteiger charge is -2.19. The highest BCUT2D eigenvalue weighted by Gasteiger charge is 2.23. The van der Waals surface area contributed by atoms with Crippen molar-refractivity contribution in [3.05, 3.63) is 28.0 Å². The van der Waals surface area contributed by atoms with E-state index in [9.17, 15) is 4.39 Å². The van der Waals surface area contributed by atoms with Gasteiger partial charge in [0.25, 0.3) is 0 Å². The maximum absolute atomic E-state index is 13.5. The summed E-state index contributed by atoms with van der Waals surface area (Å²) in [6, 6.07) is 2.40. The third kappa shape index (κ3) is 3.29. The Labute approximate surface area is 108 Å². The molecule has 0 heterocycles.